The van der Waals surface area contributed by atoms with Crippen molar-refractivity contribution in [3.63, 3.8) is 0 Å². The van der Waals surface area contributed by atoms with Crippen LogP contribution in [0, 0.1) is 6.92 Å². The van der Waals surface area contributed by atoms with E-state index < -0.39 is 10.0 Å². The summed E-state index contributed by atoms with van der Waals surface area (Å²) in [4.78, 5) is 14.6. The number of ether oxygens (including phenoxy) is 1. The van der Waals surface area contributed by atoms with Gasteiger partial charge in [0.2, 0.25) is 10.0 Å². The van der Waals surface area contributed by atoms with Gasteiger partial charge in [-0.25, -0.2) is 13.2 Å². The first kappa shape index (κ1) is 21.2. The number of rotatable bonds is 6. The molecule has 0 saturated carbocycles. The molecule has 0 aromatic heterocycles. The molecular weight excluding hydrogens is 388 g/mol. The number of methoxy groups -OCH3 is 1. The highest BCUT2D eigenvalue weighted by atomic mass is 32.2. The molecule has 3 rings (SSSR count). The van der Waals surface area contributed by atoms with Gasteiger partial charge in [-0.1, -0.05) is 48.0 Å². The van der Waals surface area contributed by atoms with Crippen LogP contribution in [0.2, 0.25) is 0 Å². The first-order valence-electron chi connectivity index (χ1n) is 9.53. The van der Waals surface area contributed by atoms with Gasteiger partial charge in [0, 0.05) is 32.7 Å². The van der Waals surface area contributed by atoms with Gasteiger partial charge in [-0.05, 0) is 30.7 Å². The predicted molar refractivity (Wildman–Crippen MR) is 113 cm³/mol. The van der Waals surface area contributed by atoms with E-state index in [2.05, 4.69) is 4.90 Å². The highest BCUT2D eigenvalue weighted by molar-refractivity contribution is 7.89. The molecule has 1 aliphatic heterocycles. The molecule has 0 radical (unpaired) electrons. The molecule has 6 nitrogen and oxygen atoms in total. The molecule has 0 aliphatic carbocycles. The Bertz CT molecular complexity index is 962. The second-order valence-electron chi connectivity index (χ2n) is 7.07. The lowest BCUT2D eigenvalue weighted by atomic mass is 10.1. The Balaban J connectivity index is 1.67. The molecule has 29 heavy (non-hydrogen) atoms. The second kappa shape index (κ2) is 9.35. The third-order valence-electron chi connectivity index (χ3n) is 4.97. The molecule has 7 heteroatoms. The largest absolute Gasteiger partial charge is 0.466 e. The van der Waals surface area contributed by atoms with Crippen LogP contribution in [0.3, 0.4) is 0 Å². The van der Waals surface area contributed by atoms with Crippen LogP contribution >= 0.6 is 0 Å². The van der Waals surface area contributed by atoms with E-state index >= 15 is 0 Å². The van der Waals surface area contributed by atoms with E-state index in [0.29, 0.717) is 43.2 Å². The maximum Gasteiger partial charge on any atom is 0.335 e. The zero-order valence-electron chi connectivity index (χ0n) is 16.7. The number of sulfonamides is 1. The van der Waals surface area contributed by atoms with Crippen LogP contribution in [0.4, 0.5) is 0 Å². The Kier molecular flexibility index (Phi) is 6.84. The molecule has 0 unspecified atom stereocenters. The maximum absolute atomic E-state index is 12.8. The minimum absolute atomic E-state index is 0.316. The molecule has 0 N–H and O–H groups in total. The smallest absolute Gasteiger partial charge is 0.335 e. The van der Waals surface area contributed by atoms with Gasteiger partial charge in [0.15, 0.2) is 0 Å². The van der Waals surface area contributed by atoms with Crippen LogP contribution in [-0.2, 0) is 19.6 Å². The summed E-state index contributed by atoms with van der Waals surface area (Å²) in [5, 5.41) is 0. The highest BCUT2D eigenvalue weighted by Crippen LogP contribution is 2.19. The van der Waals surface area contributed by atoms with Gasteiger partial charge in [0.1, 0.15) is 0 Å². The van der Waals surface area contributed by atoms with Gasteiger partial charge in [-0.2, -0.15) is 4.31 Å². The Morgan fingerprint density at radius 2 is 1.62 bits per heavy atom. The van der Waals surface area contributed by atoms with E-state index in [0.717, 1.165) is 11.1 Å². The fourth-order valence-corrected chi connectivity index (χ4v) is 4.70. The second-order valence-corrected chi connectivity index (χ2v) is 9.00. The zero-order valence-corrected chi connectivity index (χ0v) is 17.6. The highest BCUT2D eigenvalue weighted by Gasteiger charge is 2.29. The molecule has 0 spiro atoms. The number of esters is 1. The van der Waals surface area contributed by atoms with Crippen LogP contribution in [0.1, 0.15) is 11.1 Å². The molecule has 0 amide bonds. The normalized spacial score (nSPS) is 16.6. The Morgan fingerprint density at radius 3 is 2.21 bits per heavy atom. The number of hydrogen-bond acceptors (Lipinski definition) is 5. The summed E-state index contributed by atoms with van der Waals surface area (Å²) < 4.78 is 32.1. The van der Waals surface area contributed by atoms with Crippen molar-refractivity contribution in [2.45, 2.75) is 11.8 Å². The molecule has 154 valence electrons. The average molecular weight is 415 g/mol. The molecule has 1 fully saturated rings. The minimum Gasteiger partial charge on any atom is -0.466 e. The van der Waals surface area contributed by atoms with Crippen LogP contribution in [-0.4, -0.2) is 63.4 Å². The van der Waals surface area contributed by atoms with Gasteiger partial charge >= 0.3 is 5.97 Å². The Labute approximate surface area is 172 Å². The molecule has 0 bridgehead atoms. The van der Waals surface area contributed by atoms with Crippen molar-refractivity contribution < 1.29 is 17.9 Å². The van der Waals surface area contributed by atoms with Gasteiger partial charge in [0.05, 0.1) is 17.6 Å². The fraction of sp³-hybridized carbons (Fsp3) is 0.318. The summed E-state index contributed by atoms with van der Waals surface area (Å²) >= 11 is 0. The van der Waals surface area contributed by atoms with E-state index in [-0.39, 0.29) is 5.97 Å². The lowest BCUT2D eigenvalue weighted by Crippen LogP contribution is -2.49. The number of hydrogen-bond donors (Lipinski definition) is 0. The van der Waals surface area contributed by atoms with Gasteiger partial charge in [0.25, 0.3) is 0 Å². The number of aryl methyl sites for hydroxylation is 1. The average Bonchev–Trinajstić information content (AvgIpc) is 2.74. The molecule has 1 aliphatic rings. The Hall–Kier alpha value is -2.48. The van der Waals surface area contributed by atoms with Crippen molar-refractivity contribution in [3.05, 3.63) is 71.3 Å². The third kappa shape index (κ3) is 5.32. The van der Waals surface area contributed by atoms with Gasteiger partial charge < -0.3 is 4.74 Å². The molecule has 2 aromatic carbocycles. The quantitative estimate of drug-likeness (QED) is 0.537. The van der Waals surface area contributed by atoms with E-state index in [9.17, 15) is 13.2 Å². The van der Waals surface area contributed by atoms with E-state index in [1.54, 1.807) is 24.3 Å². The van der Waals surface area contributed by atoms with Crippen LogP contribution < -0.4 is 0 Å². The third-order valence-corrected chi connectivity index (χ3v) is 6.88. The first-order valence-corrected chi connectivity index (χ1v) is 11.0. The molecule has 0 atom stereocenters. The van der Waals surface area contributed by atoms with Crippen molar-refractivity contribution in [2.75, 3.05) is 39.8 Å². The molecular formula is C22H26N2O4S. The van der Waals surface area contributed by atoms with Crippen molar-refractivity contribution >= 4 is 22.1 Å². The zero-order chi connectivity index (χ0) is 20.9. The molecule has 1 heterocycles. The van der Waals surface area contributed by atoms with E-state index in [4.69, 9.17) is 4.74 Å². The van der Waals surface area contributed by atoms with Gasteiger partial charge in [-0.15, -0.1) is 0 Å². The van der Waals surface area contributed by atoms with Crippen molar-refractivity contribution in [1.82, 2.24) is 9.21 Å². The monoisotopic (exact) mass is 414 g/mol. The minimum atomic E-state index is -3.50. The topological polar surface area (TPSA) is 66.9 Å². The van der Waals surface area contributed by atoms with Gasteiger partial charge in [-0.3, -0.25) is 4.90 Å². The summed E-state index contributed by atoms with van der Waals surface area (Å²) in [6, 6.07) is 16.5. The lowest BCUT2D eigenvalue weighted by Gasteiger charge is -2.34. The standard InChI is InChI=1S/C22H26N2O4S/c1-18-8-10-21(11-9-18)29(26,27)24-14-12-23(13-15-24)17-20(22(25)28-2)16-19-6-4-3-5-7-19/h3-11,16H,12-15,17H2,1-2H3/b20-16+. The Morgan fingerprint density at radius 1 is 1.00 bits per heavy atom. The summed E-state index contributed by atoms with van der Waals surface area (Å²) in [6.07, 6.45) is 1.82. The summed E-state index contributed by atoms with van der Waals surface area (Å²) in [7, 11) is -2.13. The van der Waals surface area contributed by atoms with Crippen LogP contribution in [0.15, 0.2) is 65.1 Å². The summed E-state index contributed by atoms with van der Waals surface area (Å²) in [5.41, 5.74) is 2.50. The maximum atomic E-state index is 12.8. The van der Waals surface area contributed by atoms with Crippen LogP contribution in [0.5, 0.6) is 0 Å². The number of carbonyl (C=O) groups excluding carboxylic acids is 1. The van der Waals surface area contributed by atoms with Crippen molar-refractivity contribution in [1.29, 1.82) is 0 Å². The lowest BCUT2D eigenvalue weighted by molar-refractivity contribution is -0.136. The number of nitrogens with zero attached hydrogens (tertiary/aromatic N) is 2. The first-order chi connectivity index (χ1) is 13.9. The number of piperazine rings is 1. The molecule has 2 aromatic rings. The SMILES string of the molecule is COC(=O)/C(=C/c1ccccc1)CN1CCN(S(=O)(=O)c2ccc(C)cc2)CC1. The number of benzene rings is 2. The fourth-order valence-electron chi connectivity index (χ4n) is 3.28. The van der Waals surface area contributed by atoms with Crippen molar-refractivity contribution in [3.8, 4) is 0 Å². The van der Waals surface area contributed by atoms with Crippen LogP contribution in [0.25, 0.3) is 6.08 Å². The molecule has 1 saturated heterocycles. The van der Waals surface area contributed by atoms with E-state index in [1.165, 1.54) is 11.4 Å². The summed E-state index contributed by atoms with van der Waals surface area (Å²) in [5.74, 6) is -0.372. The summed E-state index contributed by atoms with van der Waals surface area (Å²) in [6.45, 7) is 4.21. The predicted octanol–water partition coefficient (Wildman–Crippen LogP) is 2.56. The van der Waals surface area contributed by atoms with Crippen molar-refractivity contribution in [2.24, 2.45) is 0 Å². The number of carbonyl (C=O) groups is 1. The van der Waals surface area contributed by atoms with E-state index in [1.807, 2.05) is 43.3 Å².